The van der Waals surface area contributed by atoms with E-state index in [2.05, 4.69) is 42.7 Å². The first-order valence-corrected chi connectivity index (χ1v) is 14.2. The average molecular weight is 614 g/mol. The van der Waals surface area contributed by atoms with Crippen molar-refractivity contribution in [1.29, 1.82) is 0 Å². The smallest absolute Gasteiger partial charge is 0.261 e. The number of anilines is 7. The molecule has 2 amide bonds. The zero-order valence-electron chi connectivity index (χ0n) is 24.3. The molecule has 12 heteroatoms. The summed E-state index contributed by atoms with van der Waals surface area (Å²) >= 11 is 6.38. The van der Waals surface area contributed by atoms with Crippen LogP contribution in [0.15, 0.2) is 79.5 Å². The normalized spacial score (nSPS) is 12.7. The van der Waals surface area contributed by atoms with E-state index in [0.29, 0.717) is 46.7 Å². The fourth-order valence-corrected chi connectivity index (χ4v) is 4.88. The van der Waals surface area contributed by atoms with Gasteiger partial charge in [0.15, 0.2) is 0 Å². The van der Waals surface area contributed by atoms with Crippen molar-refractivity contribution >= 4 is 63.6 Å². The first-order chi connectivity index (χ1) is 21.4. The SMILES string of the molecule is C=CC(=O)Nc1ccccc1Nc1nc(Nc2ccc(N3CCOCC3)cc2OC)ncc1C(=O)Nc1c(C)cccc1Cl. The second-order valence-corrected chi connectivity index (χ2v) is 10.2. The Morgan fingerprint density at radius 3 is 2.50 bits per heavy atom. The van der Waals surface area contributed by atoms with E-state index in [1.807, 2.05) is 31.2 Å². The minimum absolute atomic E-state index is 0.148. The standard InChI is InChI=1S/C32H32ClN7O4/c1-4-28(41)35-24-10-5-6-11-25(24)36-30-22(31(42)38-29-20(2)8-7-9-23(29)33)19-34-32(39-30)37-26-13-12-21(18-27(26)43-3)40-14-16-44-17-15-40/h4-13,18-19H,1,14-17H2,2-3H3,(H,35,41)(H,38,42)(H2,34,36,37,39). The van der Waals surface area contributed by atoms with Crippen LogP contribution in [0.5, 0.6) is 5.75 Å². The number of benzene rings is 3. The van der Waals surface area contributed by atoms with E-state index in [4.69, 9.17) is 21.1 Å². The third-order valence-corrected chi connectivity index (χ3v) is 7.24. The molecule has 1 aliphatic heterocycles. The monoisotopic (exact) mass is 613 g/mol. The van der Waals surface area contributed by atoms with E-state index in [-0.39, 0.29) is 23.2 Å². The molecule has 226 valence electrons. The quantitative estimate of drug-likeness (QED) is 0.156. The van der Waals surface area contributed by atoms with E-state index in [1.54, 1.807) is 43.5 Å². The maximum Gasteiger partial charge on any atom is 0.261 e. The summed E-state index contributed by atoms with van der Waals surface area (Å²) in [5.41, 5.74) is 4.05. The Morgan fingerprint density at radius 2 is 1.77 bits per heavy atom. The lowest BCUT2D eigenvalue weighted by atomic mass is 10.2. The van der Waals surface area contributed by atoms with Crippen LogP contribution in [0.1, 0.15) is 15.9 Å². The first-order valence-electron chi connectivity index (χ1n) is 13.9. The Kier molecular flexibility index (Phi) is 9.58. The van der Waals surface area contributed by atoms with Crippen LogP contribution >= 0.6 is 11.6 Å². The van der Waals surface area contributed by atoms with Gasteiger partial charge < -0.3 is 35.6 Å². The molecule has 0 radical (unpaired) electrons. The fourth-order valence-electron chi connectivity index (χ4n) is 4.61. The van der Waals surface area contributed by atoms with E-state index < -0.39 is 5.91 Å². The minimum atomic E-state index is -0.477. The molecule has 1 aliphatic rings. The molecule has 0 bridgehead atoms. The molecule has 4 N–H and O–H groups in total. The van der Waals surface area contributed by atoms with Gasteiger partial charge in [0.2, 0.25) is 11.9 Å². The highest BCUT2D eigenvalue weighted by molar-refractivity contribution is 6.34. The van der Waals surface area contributed by atoms with Crippen LogP contribution in [0.2, 0.25) is 5.02 Å². The largest absolute Gasteiger partial charge is 0.494 e. The first kappa shape index (κ1) is 30.3. The van der Waals surface area contributed by atoms with Gasteiger partial charge in [-0.15, -0.1) is 0 Å². The van der Waals surface area contributed by atoms with Crippen molar-refractivity contribution < 1.29 is 19.1 Å². The lowest BCUT2D eigenvalue weighted by molar-refractivity contribution is -0.111. The molecule has 11 nitrogen and oxygen atoms in total. The van der Waals surface area contributed by atoms with Crippen LogP contribution in [0.4, 0.5) is 40.2 Å². The number of nitrogens with zero attached hydrogens (tertiary/aromatic N) is 3. The number of nitrogens with one attached hydrogen (secondary N) is 4. The van der Waals surface area contributed by atoms with Crippen LogP contribution < -0.4 is 30.9 Å². The highest BCUT2D eigenvalue weighted by Crippen LogP contribution is 2.33. The van der Waals surface area contributed by atoms with E-state index in [1.165, 1.54) is 12.3 Å². The van der Waals surface area contributed by atoms with Gasteiger partial charge >= 0.3 is 0 Å². The summed E-state index contributed by atoms with van der Waals surface area (Å²) in [5, 5.41) is 12.4. The molecule has 0 aliphatic carbocycles. The number of methoxy groups -OCH3 is 1. The molecular formula is C32H32ClN7O4. The molecule has 3 aromatic carbocycles. The zero-order valence-corrected chi connectivity index (χ0v) is 25.1. The van der Waals surface area contributed by atoms with Crippen molar-refractivity contribution in [3.63, 3.8) is 0 Å². The van der Waals surface area contributed by atoms with Gasteiger partial charge in [0.1, 0.15) is 17.1 Å². The molecule has 5 rings (SSSR count). The molecule has 1 fully saturated rings. The average Bonchev–Trinajstić information content (AvgIpc) is 3.04. The number of aryl methyl sites for hydroxylation is 1. The fraction of sp³-hybridized carbons (Fsp3) is 0.188. The number of morpholine rings is 1. The van der Waals surface area contributed by atoms with Gasteiger partial charge in [0.25, 0.3) is 5.91 Å². The zero-order chi connectivity index (χ0) is 31.1. The second-order valence-electron chi connectivity index (χ2n) is 9.81. The highest BCUT2D eigenvalue weighted by atomic mass is 35.5. The lowest BCUT2D eigenvalue weighted by Gasteiger charge is -2.29. The number of rotatable bonds is 10. The topological polar surface area (TPSA) is 130 Å². The van der Waals surface area contributed by atoms with Crippen LogP contribution in [-0.4, -0.2) is 55.2 Å². The summed E-state index contributed by atoms with van der Waals surface area (Å²) in [4.78, 5) is 37.0. The molecule has 0 spiro atoms. The van der Waals surface area contributed by atoms with Gasteiger partial charge in [0.05, 0.1) is 48.1 Å². The molecule has 1 saturated heterocycles. The van der Waals surface area contributed by atoms with Gasteiger partial charge in [-0.3, -0.25) is 9.59 Å². The predicted molar refractivity (Wildman–Crippen MR) is 174 cm³/mol. The van der Waals surface area contributed by atoms with Crippen LogP contribution in [0.3, 0.4) is 0 Å². The van der Waals surface area contributed by atoms with Crippen molar-refractivity contribution in [2.24, 2.45) is 0 Å². The number of aromatic nitrogens is 2. The molecule has 1 aromatic heterocycles. The highest BCUT2D eigenvalue weighted by Gasteiger charge is 2.20. The van der Waals surface area contributed by atoms with Gasteiger partial charge in [-0.1, -0.05) is 42.4 Å². The molecule has 0 atom stereocenters. The predicted octanol–water partition coefficient (Wildman–Crippen LogP) is 6.15. The number of carbonyl (C=O) groups is 2. The minimum Gasteiger partial charge on any atom is -0.494 e. The summed E-state index contributed by atoms with van der Waals surface area (Å²) in [7, 11) is 1.59. The Hall–Kier alpha value is -5.13. The lowest BCUT2D eigenvalue weighted by Crippen LogP contribution is -2.36. The third-order valence-electron chi connectivity index (χ3n) is 6.93. The van der Waals surface area contributed by atoms with E-state index in [9.17, 15) is 9.59 Å². The van der Waals surface area contributed by atoms with Crippen molar-refractivity contribution in [2.75, 3.05) is 59.6 Å². The van der Waals surface area contributed by atoms with Crippen molar-refractivity contribution in [3.05, 3.63) is 95.7 Å². The van der Waals surface area contributed by atoms with Crippen molar-refractivity contribution in [3.8, 4) is 5.75 Å². The molecule has 0 unspecified atom stereocenters. The van der Waals surface area contributed by atoms with Gasteiger partial charge in [-0.05, 0) is 48.9 Å². The summed E-state index contributed by atoms with van der Waals surface area (Å²) in [6, 6.07) is 18.2. The summed E-state index contributed by atoms with van der Waals surface area (Å²) in [5.74, 6) is 0.136. The summed E-state index contributed by atoms with van der Waals surface area (Å²) in [6.45, 7) is 8.28. The number of amides is 2. The maximum absolute atomic E-state index is 13.6. The molecule has 0 saturated carbocycles. The van der Waals surface area contributed by atoms with Gasteiger partial charge in [-0.25, -0.2) is 4.98 Å². The van der Waals surface area contributed by atoms with Gasteiger partial charge in [-0.2, -0.15) is 4.98 Å². The van der Waals surface area contributed by atoms with E-state index >= 15 is 0 Å². The number of hydrogen-bond donors (Lipinski definition) is 4. The second kappa shape index (κ2) is 13.9. The molecular weight excluding hydrogens is 582 g/mol. The summed E-state index contributed by atoms with van der Waals surface area (Å²) < 4.78 is 11.1. The Balaban J connectivity index is 1.49. The molecule has 2 heterocycles. The summed E-state index contributed by atoms with van der Waals surface area (Å²) in [6.07, 6.45) is 2.59. The molecule has 4 aromatic rings. The van der Waals surface area contributed by atoms with Crippen LogP contribution in [0.25, 0.3) is 0 Å². The number of hydrogen-bond acceptors (Lipinski definition) is 9. The third kappa shape index (κ3) is 7.08. The maximum atomic E-state index is 13.6. The Labute approximate surface area is 260 Å². The van der Waals surface area contributed by atoms with Crippen LogP contribution in [0, 0.1) is 6.92 Å². The number of ether oxygens (including phenoxy) is 2. The number of para-hydroxylation sites is 3. The van der Waals surface area contributed by atoms with Crippen molar-refractivity contribution in [2.45, 2.75) is 6.92 Å². The van der Waals surface area contributed by atoms with Gasteiger partial charge in [0, 0.05) is 31.0 Å². The molecule has 44 heavy (non-hydrogen) atoms. The Morgan fingerprint density at radius 1 is 1.00 bits per heavy atom. The van der Waals surface area contributed by atoms with E-state index in [0.717, 1.165) is 24.3 Å². The number of halogens is 1. The van der Waals surface area contributed by atoms with Crippen LogP contribution in [-0.2, 0) is 9.53 Å². The number of carbonyl (C=O) groups excluding carboxylic acids is 2. The van der Waals surface area contributed by atoms with Crippen molar-refractivity contribution in [1.82, 2.24) is 9.97 Å². The Bertz CT molecular complexity index is 1670.